The number of amides is 1. The van der Waals surface area contributed by atoms with Crippen LogP contribution in [-0.2, 0) is 16.1 Å². The van der Waals surface area contributed by atoms with Crippen molar-refractivity contribution in [2.75, 3.05) is 6.54 Å². The predicted octanol–water partition coefficient (Wildman–Crippen LogP) is 2.12. The summed E-state index contributed by atoms with van der Waals surface area (Å²) in [5, 5.41) is 10.4. The van der Waals surface area contributed by atoms with Crippen molar-refractivity contribution in [3.05, 3.63) is 29.8 Å². The Morgan fingerprint density at radius 3 is 2.35 bits per heavy atom. The van der Waals surface area contributed by atoms with Crippen molar-refractivity contribution in [1.29, 1.82) is 0 Å². The monoisotopic (exact) mass is 237 g/mol. The standard InChI is InChI=1S/C13H19NO3/c1-13(2,3)17-14(10-15)9-8-11-4-6-12(16)7-5-11/h4-7,10,16H,8-9H2,1-3H3. The van der Waals surface area contributed by atoms with E-state index < -0.39 is 0 Å². The lowest BCUT2D eigenvalue weighted by atomic mass is 10.1. The number of rotatable bonds is 5. The zero-order chi connectivity index (χ0) is 12.9. The maximum atomic E-state index is 10.8. The van der Waals surface area contributed by atoms with Gasteiger partial charge in [0.05, 0.1) is 12.1 Å². The first-order chi connectivity index (χ1) is 7.90. The maximum absolute atomic E-state index is 10.8. The molecule has 4 heteroatoms. The van der Waals surface area contributed by atoms with E-state index in [4.69, 9.17) is 9.94 Å². The van der Waals surface area contributed by atoms with Gasteiger partial charge in [0.2, 0.25) is 6.41 Å². The lowest BCUT2D eigenvalue weighted by Crippen LogP contribution is -2.34. The number of hydrogen-bond acceptors (Lipinski definition) is 3. The lowest BCUT2D eigenvalue weighted by Gasteiger charge is -2.26. The molecule has 0 saturated heterocycles. The van der Waals surface area contributed by atoms with Crippen molar-refractivity contribution in [3.63, 3.8) is 0 Å². The number of hydrogen-bond donors (Lipinski definition) is 1. The Morgan fingerprint density at radius 1 is 1.29 bits per heavy atom. The predicted molar refractivity (Wildman–Crippen MR) is 65.4 cm³/mol. The highest BCUT2D eigenvalue weighted by atomic mass is 16.7. The average Bonchev–Trinajstić information content (AvgIpc) is 2.25. The van der Waals surface area contributed by atoms with Crippen LogP contribution in [0, 0.1) is 0 Å². The Bertz CT molecular complexity index is 354. The van der Waals surface area contributed by atoms with Gasteiger partial charge in [0.1, 0.15) is 5.75 Å². The summed E-state index contributed by atoms with van der Waals surface area (Å²) in [6.45, 7) is 6.17. The molecular weight excluding hydrogens is 218 g/mol. The van der Waals surface area contributed by atoms with Crippen molar-refractivity contribution in [1.82, 2.24) is 5.06 Å². The van der Waals surface area contributed by atoms with Crippen LogP contribution < -0.4 is 0 Å². The van der Waals surface area contributed by atoms with Crippen LogP contribution in [0.2, 0.25) is 0 Å². The Labute approximate surface area is 102 Å². The number of phenolic OH excluding ortho intramolecular Hbond substituents is 1. The van der Waals surface area contributed by atoms with E-state index in [2.05, 4.69) is 0 Å². The van der Waals surface area contributed by atoms with Gasteiger partial charge in [-0.05, 0) is 44.9 Å². The molecule has 1 N–H and O–H groups in total. The Morgan fingerprint density at radius 2 is 1.88 bits per heavy atom. The highest BCUT2D eigenvalue weighted by molar-refractivity contribution is 5.45. The number of benzene rings is 1. The highest BCUT2D eigenvalue weighted by Crippen LogP contribution is 2.12. The van der Waals surface area contributed by atoms with E-state index in [1.807, 2.05) is 32.9 Å². The zero-order valence-corrected chi connectivity index (χ0v) is 10.5. The minimum atomic E-state index is -0.379. The molecule has 4 nitrogen and oxygen atoms in total. The van der Waals surface area contributed by atoms with Crippen LogP contribution in [0.1, 0.15) is 26.3 Å². The number of aromatic hydroxyl groups is 1. The van der Waals surface area contributed by atoms with Gasteiger partial charge in [0.15, 0.2) is 0 Å². The second kappa shape index (κ2) is 5.68. The summed E-state index contributed by atoms with van der Waals surface area (Å²) in [5.74, 6) is 0.243. The first-order valence-corrected chi connectivity index (χ1v) is 5.60. The molecule has 17 heavy (non-hydrogen) atoms. The Balaban J connectivity index is 2.48. The fourth-order valence-corrected chi connectivity index (χ4v) is 1.37. The molecule has 0 atom stereocenters. The largest absolute Gasteiger partial charge is 0.508 e. The van der Waals surface area contributed by atoms with E-state index in [9.17, 15) is 4.79 Å². The number of phenols is 1. The van der Waals surface area contributed by atoms with E-state index >= 15 is 0 Å². The first-order valence-electron chi connectivity index (χ1n) is 5.60. The van der Waals surface area contributed by atoms with Gasteiger partial charge in [-0.1, -0.05) is 12.1 Å². The third-order valence-electron chi connectivity index (χ3n) is 2.07. The van der Waals surface area contributed by atoms with Crippen LogP contribution in [0.25, 0.3) is 0 Å². The average molecular weight is 237 g/mol. The third-order valence-corrected chi connectivity index (χ3v) is 2.07. The van der Waals surface area contributed by atoms with Gasteiger partial charge in [-0.2, -0.15) is 0 Å². The molecule has 0 saturated carbocycles. The maximum Gasteiger partial charge on any atom is 0.233 e. The zero-order valence-electron chi connectivity index (χ0n) is 10.5. The molecule has 0 aromatic heterocycles. The smallest absolute Gasteiger partial charge is 0.233 e. The molecule has 1 amide bonds. The molecule has 0 aliphatic rings. The summed E-state index contributed by atoms with van der Waals surface area (Å²) < 4.78 is 0. The molecule has 0 spiro atoms. The van der Waals surface area contributed by atoms with Crippen LogP contribution in [0.5, 0.6) is 5.75 Å². The molecular formula is C13H19NO3. The van der Waals surface area contributed by atoms with Gasteiger partial charge < -0.3 is 5.11 Å². The van der Waals surface area contributed by atoms with E-state index in [-0.39, 0.29) is 11.4 Å². The summed E-state index contributed by atoms with van der Waals surface area (Å²) in [5.41, 5.74) is 0.669. The van der Waals surface area contributed by atoms with E-state index in [1.54, 1.807) is 12.1 Å². The number of carbonyl (C=O) groups excluding carboxylic acids is 1. The molecule has 0 fully saturated rings. The van der Waals surface area contributed by atoms with Gasteiger partial charge in [0.25, 0.3) is 0 Å². The van der Waals surface area contributed by atoms with Crippen LogP contribution in [0.4, 0.5) is 0 Å². The molecule has 0 aliphatic carbocycles. The minimum Gasteiger partial charge on any atom is -0.508 e. The molecule has 0 unspecified atom stereocenters. The van der Waals surface area contributed by atoms with Crippen molar-refractivity contribution < 1.29 is 14.7 Å². The molecule has 1 aromatic rings. The van der Waals surface area contributed by atoms with Gasteiger partial charge in [-0.15, -0.1) is 0 Å². The Hall–Kier alpha value is -1.55. The van der Waals surface area contributed by atoms with Crippen LogP contribution in [0.3, 0.4) is 0 Å². The van der Waals surface area contributed by atoms with Crippen LogP contribution in [0.15, 0.2) is 24.3 Å². The van der Waals surface area contributed by atoms with Crippen LogP contribution in [-0.4, -0.2) is 28.7 Å². The SMILES string of the molecule is CC(C)(C)ON(C=O)CCc1ccc(O)cc1. The summed E-state index contributed by atoms with van der Waals surface area (Å²) in [4.78, 5) is 16.3. The summed E-state index contributed by atoms with van der Waals surface area (Å²) >= 11 is 0. The summed E-state index contributed by atoms with van der Waals surface area (Å²) in [6.07, 6.45) is 1.38. The fourth-order valence-electron chi connectivity index (χ4n) is 1.37. The molecule has 0 radical (unpaired) electrons. The van der Waals surface area contributed by atoms with Crippen molar-refractivity contribution in [3.8, 4) is 5.75 Å². The molecule has 94 valence electrons. The van der Waals surface area contributed by atoms with E-state index in [0.717, 1.165) is 5.56 Å². The molecule has 1 rings (SSSR count). The fraction of sp³-hybridized carbons (Fsp3) is 0.462. The highest BCUT2D eigenvalue weighted by Gasteiger charge is 2.15. The topological polar surface area (TPSA) is 49.8 Å². The molecule has 0 bridgehead atoms. The molecule has 0 heterocycles. The van der Waals surface area contributed by atoms with E-state index in [0.29, 0.717) is 19.4 Å². The lowest BCUT2D eigenvalue weighted by molar-refractivity contribution is -0.215. The summed E-state index contributed by atoms with van der Waals surface area (Å²) in [6, 6.07) is 6.92. The molecule has 0 aliphatic heterocycles. The van der Waals surface area contributed by atoms with Gasteiger partial charge in [0, 0.05) is 0 Å². The van der Waals surface area contributed by atoms with Gasteiger partial charge in [-0.25, -0.2) is 5.06 Å². The molecule has 1 aromatic carbocycles. The first kappa shape index (κ1) is 13.5. The minimum absolute atomic E-state index is 0.243. The van der Waals surface area contributed by atoms with Crippen molar-refractivity contribution in [2.24, 2.45) is 0 Å². The normalized spacial score (nSPS) is 11.2. The number of carbonyl (C=O) groups is 1. The van der Waals surface area contributed by atoms with Crippen molar-refractivity contribution in [2.45, 2.75) is 32.8 Å². The van der Waals surface area contributed by atoms with Crippen LogP contribution >= 0.6 is 0 Å². The van der Waals surface area contributed by atoms with Gasteiger partial charge in [-0.3, -0.25) is 9.63 Å². The number of hydroxylamine groups is 2. The van der Waals surface area contributed by atoms with Gasteiger partial charge >= 0.3 is 0 Å². The van der Waals surface area contributed by atoms with E-state index in [1.165, 1.54) is 5.06 Å². The quantitative estimate of drug-likeness (QED) is 0.630. The second-order valence-corrected chi connectivity index (χ2v) is 4.87. The Kier molecular flexibility index (Phi) is 4.52. The second-order valence-electron chi connectivity index (χ2n) is 4.87. The third kappa shape index (κ3) is 5.36. The van der Waals surface area contributed by atoms with Crippen molar-refractivity contribution >= 4 is 6.41 Å². The number of nitrogens with zero attached hydrogens (tertiary/aromatic N) is 1. The summed E-state index contributed by atoms with van der Waals surface area (Å²) in [7, 11) is 0.